The van der Waals surface area contributed by atoms with Gasteiger partial charge in [0, 0.05) is 44.1 Å². The van der Waals surface area contributed by atoms with Crippen molar-refractivity contribution < 1.29 is 53.6 Å². The lowest BCUT2D eigenvalue weighted by atomic mass is 9.82. The van der Waals surface area contributed by atoms with E-state index >= 15 is 0 Å². The third-order valence-electron chi connectivity index (χ3n) is 8.15. The summed E-state index contributed by atoms with van der Waals surface area (Å²) in [6.45, 7) is 3.40. The number of carboxylic acid groups (broad SMARTS) is 3. The highest BCUT2D eigenvalue weighted by Gasteiger charge is 2.41. The van der Waals surface area contributed by atoms with Gasteiger partial charge in [0.15, 0.2) is 5.60 Å². The normalized spacial score (nSPS) is 18.7. The predicted molar refractivity (Wildman–Crippen MR) is 178 cm³/mol. The van der Waals surface area contributed by atoms with Crippen molar-refractivity contribution in [1.82, 2.24) is 30.7 Å². The fraction of sp³-hybridized carbons (Fsp3) is 0.452. The van der Waals surface area contributed by atoms with Crippen LogP contribution in [0.2, 0.25) is 4.34 Å². The highest BCUT2D eigenvalue weighted by Crippen LogP contribution is 2.33. The molecule has 274 valence electrons. The van der Waals surface area contributed by atoms with Crippen LogP contribution >= 0.6 is 22.9 Å². The van der Waals surface area contributed by atoms with Crippen molar-refractivity contribution in [2.75, 3.05) is 18.9 Å². The van der Waals surface area contributed by atoms with E-state index in [1.54, 1.807) is 25.1 Å². The summed E-state index contributed by atoms with van der Waals surface area (Å²) in [5, 5.41) is 50.8. The Morgan fingerprint density at radius 1 is 0.980 bits per heavy atom. The van der Waals surface area contributed by atoms with Gasteiger partial charge in [0.25, 0.3) is 5.91 Å². The minimum Gasteiger partial charge on any atom is -0.481 e. The Balaban J connectivity index is 0.000000383. The number of fused-ring (bicyclic) bond motifs is 1. The number of thiophene rings is 1. The molecule has 1 aliphatic carbocycles. The number of aromatic nitrogens is 3. The van der Waals surface area contributed by atoms with Crippen LogP contribution in [0.25, 0.3) is 0 Å². The summed E-state index contributed by atoms with van der Waals surface area (Å²) in [5.41, 5.74) is -0.379. The summed E-state index contributed by atoms with van der Waals surface area (Å²) in [7, 11) is 2.05. The number of amides is 3. The lowest BCUT2D eigenvalue weighted by molar-refractivity contribution is -0.170. The number of halogens is 1. The number of carbonyl (C=O) groups excluding carboxylic acids is 3. The van der Waals surface area contributed by atoms with Crippen molar-refractivity contribution in [3.05, 3.63) is 57.3 Å². The molecule has 1 saturated carbocycles. The lowest BCUT2D eigenvalue weighted by Crippen LogP contribution is -2.56. The standard InChI is InChI=1S/C25H28ClN7O4S.C6H8O7/c1-13-31-32-25(37-13)14-3-5-17(28-23(35)24(36)30-21-8-7-20(26)38-21)19(11-14)29-22(34)18-6-4-15-12-33(2)10-9-16(15)27-18;7-3(8)1-6(13,5(11)12)2-4(9)10/h4,6-8,14,17,19H,3,5,9-12H2,1-2H3,(H,28,35)(H,29,34)(H,30,36);13H,1-2H2,(H,7,8)(H,9,10)(H,11,12)/t14-,17-,19+;/m0./s1. The number of nitrogens with zero attached hydrogens (tertiary/aromatic N) is 4. The van der Waals surface area contributed by atoms with Crippen LogP contribution in [0.3, 0.4) is 0 Å². The maximum atomic E-state index is 13.3. The van der Waals surface area contributed by atoms with Crippen LogP contribution < -0.4 is 16.0 Å². The Kier molecular flexibility index (Phi) is 12.8. The first kappa shape index (κ1) is 38.8. The van der Waals surface area contributed by atoms with Crippen molar-refractivity contribution in [2.45, 2.75) is 75.6 Å². The van der Waals surface area contributed by atoms with Crippen molar-refractivity contribution in [1.29, 1.82) is 0 Å². The predicted octanol–water partition coefficient (Wildman–Crippen LogP) is 1.42. The minimum absolute atomic E-state index is 0.0937. The third-order valence-corrected chi connectivity index (χ3v) is 9.29. The van der Waals surface area contributed by atoms with Gasteiger partial charge in [0.05, 0.1) is 28.2 Å². The monoisotopic (exact) mass is 749 g/mol. The highest BCUT2D eigenvalue weighted by molar-refractivity contribution is 7.20. The quantitative estimate of drug-likeness (QED) is 0.144. The van der Waals surface area contributed by atoms with E-state index in [2.05, 4.69) is 43.1 Å². The summed E-state index contributed by atoms with van der Waals surface area (Å²) >= 11 is 7.07. The maximum Gasteiger partial charge on any atom is 0.336 e. The Morgan fingerprint density at radius 2 is 1.69 bits per heavy atom. The average Bonchev–Trinajstić information content (AvgIpc) is 3.68. The smallest absolute Gasteiger partial charge is 0.336 e. The van der Waals surface area contributed by atoms with E-state index in [1.165, 1.54) is 0 Å². The molecule has 4 heterocycles. The summed E-state index contributed by atoms with van der Waals surface area (Å²) in [4.78, 5) is 75.8. The van der Waals surface area contributed by atoms with Crippen LogP contribution in [0, 0.1) is 6.92 Å². The van der Waals surface area contributed by atoms with E-state index in [1.807, 2.05) is 6.07 Å². The first-order valence-electron chi connectivity index (χ1n) is 15.6. The highest BCUT2D eigenvalue weighted by atomic mass is 35.5. The van der Waals surface area contributed by atoms with Gasteiger partial charge in [-0.1, -0.05) is 17.7 Å². The molecule has 5 rings (SSSR count). The number of aliphatic carboxylic acids is 3. The third kappa shape index (κ3) is 10.8. The van der Waals surface area contributed by atoms with E-state index in [-0.39, 0.29) is 11.8 Å². The van der Waals surface area contributed by atoms with E-state index in [9.17, 15) is 28.8 Å². The molecular formula is C31H36ClN7O11S. The molecule has 0 spiro atoms. The molecule has 18 nitrogen and oxygen atoms in total. The Labute approximate surface area is 299 Å². The second-order valence-corrected chi connectivity index (χ2v) is 13.9. The van der Waals surface area contributed by atoms with Gasteiger partial charge in [0.2, 0.25) is 11.8 Å². The second kappa shape index (κ2) is 16.8. The molecule has 3 atom stereocenters. The molecule has 3 amide bonds. The number of carboxylic acids is 3. The van der Waals surface area contributed by atoms with Crippen LogP contribution in [-0.4, -0.2) is 107 Å². The molecule has 0 bridgehead atoms. The molecule has 1 fully saturated rings. The Bertz CT molecular complexity index is 1780. The first-order chi connectivity index (χ1) is 24.0. The fourth-order valence-corrected chi connectivity index (χ4v) is 6.57. The number of likely N-dealkylation sites (N-methyl/N-ethyl adjacent to an activating group) is 1. The van der Waals surface area contributed by atoms with Crippen molar-refractivity contribution in [3.63, 3.8) is 0 Å². The number of hydrogen-bond acceptors (Lipinski definition) is 13. The van der Waals surface area contributed by atoms with Gasteiger partial charge in [-0.2, -0.15) is 0 Å². The number of aliphatic hydroxyl groups is 1. The fourth-order valence-electron chi connectivity index (χ4n) is 5.63. The molecule has 3 aromatic rings. The molecule has 0 aromatic carbocycles. The summed E-state index contributed by atoms with van der Waals surface area (Å²) in [5.74, 6) is -6.08. The van der Waals surface area contributed by atoms with Gasteiger partial charge in [0.1, 0.15) is 5.69 Å². The SMILES string of the molecule is Cc1nnc([C@H]2CC[C@H](NC(=O)C(=O)Nc3ccc(Cl)s3)[C@H](NC(=O)c3ccc4c(n3)CCN(C)C4)C2)o1.O=C(O)CC(O)(CC(=O)O)C(=O)O. The number of anilines is 1. The second-order valence-electron chi connectivity index (χ2n) is 12.2. The van der Waals surface area contributed by atoms with Crippen molar-refractivity contribution >= 4 is 63.6 Å². The minimum atomic E-state index is -2.74. The maximum absolute atomic E-state index is 13.3. The van der Waals surface area contributed by atoms with E-state index < -0.39 is 60.2 Å². The number of aryl methyl sites for hydroxylation is 1. The molecule has 2 aliphatic rings. The van der Waals surface area contributed by atoms with Gasteiger partial charge in [-0.05, 0) is 50.1 Å². The van der Waals surface area contributed by atoms with Gasteiger partial charge < -0.3 is 45.7 Å². The molecule has 3 aromatic heterocycles. The molecule has 1 aliphatic heterocycles. The van der Waals surface area contributed by atoms with Crippen molar-refractivity contribution in [3.8, 4) is 0 Å². The first-order valence-corrected chi connectivity index (χ1v) is 16.8. The number of hydrogen-bond donors (Lipinski definition) is 7. The summed E-state index contributed by atoms with van der Waals surface area (Å²) in [6.07, 6.45) is 0.0915. The topological polar surface area (TPSA) is 274 Å². The Hall–Kier alpha value is -4.98. The number of rotatable bonds is 10. The zero-order valence-corrected chi connectivity index (χ0v) is 29.0. The van der Waals surface area contributed by atoms with Crippen LogP contribution in [0.5, 0.6) is 0 Å². The molecule has 7 N–H and O–H groups in total. The van der Waals surface area contributed by atoms with E-state index in [0.29, 0.717) is 46.1 Å². The molecule has 0 radical (unpaired) electrons. The van der Waals surface area contributed by atoms with Crippen LogP contribution in [0.1, 0.15) is 71.5 Å². The zero-order valence-electron chi connectivity index (χ0n) is 27.4. The largest absolute Gasteiger partial charge is 0.481 e. The van der Waals surface area contributed by atoms with Crippen LogP contribution in [0.15, 0.2) is 28.7 Å². The summed E-state index contributed by atoms with van der Waals surface area (Å²) in [6, 6.07) is 5.97. The van der Waals surface area contributed by atoms with Gasteiger partial charge in [-0.3, -0.25) is 24.0 Å². The van der Waals surface area contributed by atoms with Crippen LogP contribution in [-0.2, 0) is 36.9 Å². The molecular weight excluding hydrogens is 714 g/mol. The van der Waals surface area contributed by atoms with Crippen LogP contribution in [0.4, 0.5) is 5.00 Å². The summed E-state index contributed by atoms with van der Waals surface area (Å²) < 4.78 is 6.14. The number of pyridine rings is 1. The molecule has 0 unspecified atom stereocenters. The van der Waals surface area contributed by atoms with E-state index in [0.717, 1.165) is 42.1 Å². The Morgan fingerprint density at radius 3 is 2.27 bits per heavy atom. The van der Waals surface area contributed by atoms with Crippen molar-refractivity contribution in [2.24, 2.45) is 0 Å². The zero-order chi connectivity index (χ0) is 37.5. The van der Waals surface area contributed by atoms with Gasteiger partial charge in [-0.15, -0.1) is 21.5 Å². The van der Waals surface area contributed by atoms with Gasteiger partial charge in [-0.25, -0.2) is 9.78 Å². The lowest BCUT2D eigenvalue weighted by Gasteiger charge is -2.35. The van der Waals surface area contributed by atoms with Gasteiger partial charge >= 0.3 is 29.7 Å². The molecule has 0 saturated heterocycles. The molecule has 51 heavy (non-hydrogen) atoms. The number of nitrogens with one attached hydrogen (secondary N) is 3. The average molecular weight is 750 g/mol. The molecule has 20 heteroatoms. The van der Waals surface area contributed by atoms with E-state index in [4.69, 9.17) is 36.4 Å². The number of carbonyl (C=O) groups is 6.